The lowest BCUT2D eigenvalue weighted by Gasteiger charge is -2.26. The van der Waals surface area contributed by atoms with E-state index in [1.807, 2.05) is 6.92 Å². The summed E-state index contributed by atoms with van der Waals surface area (Å²) in [7, 11) is 0. The van der Waals surface area contributed by atoms with Gasteiger partial charge in [-0.3, -0.25) is 0 Å². The molecule has 0 saturated carbocycles. The molecule has 1 heteroatoms. The van der Waals surface area contributed by atoms with Gasteiger partial charge in [-0.05, 0) is 41.5 Å². The minimum atomic E-state index is -0.241. The highest BCUT2D eigenvalue weighted by atomic mass is 16.3. The van der Waals surface area contributed by atoms with Crippen molar-refractivity contribution in [3.63, 3.8) is 0 Å². The van der Waals surface area contributed by atoms with Crippen LogP contribution in [0.5, 0.6) is 0 Å². The summed E-state index contributed by atoms with van der Waals surface area (Å²) in [6.45, 7) is 6.31. The molecule has 2 rings (SSSR count). The van der Waals surface area contributed by atoms with E-state index in [4.69, 9.17) is 0 Å². The molecule has 0 saturated heterocycles. The van der Waals surface area contributed by atoms with Crippen LogP contribution in [0.15, 0.2) is 42.5 Å². The highest BCUT2D eigenvalue weighted by Crippen LogP contribution is 2.30. The predicted molar refractivity (Wildman–Crippen MR) is 77.7 cm³/mol. The monoisotopic (exact) mass is 242 g/mol. The van der Waals surface area contributed by atoms with Crippen molar-refractivity contribution in [1.82, 2.24) is 0 Å². The summed E-state index contributed by atoms with van der Waals surface area (Å²) in [6, 6.07) is 15.0. The van der Waals surface area contributed by atoms with E-state index in [0.29, 0.717) is 0 Å². The normalized spacial score (nSPS) is 13.8. The Morgan fingerprint density at radius 1 is 1.06 bits per heavy atom. The molecule has 1 atom stereocenters. The van der Waals surface area contributed by atoms with Crippen LogP contribution < -0.4 is 0 Å². The van der Waals surface area contributed by atoms with Gasteiger partial charge in [0.2, 0.25) is 0 Å². The van der Waals surface area contributed by atoms with Crippen LogP contribution in [0.25, 0.3) is 10.8 Å². The molecule has 0 radical (unpaired) electrons. The summed E-state index contributed by atoms with van der Waals surface area (Å²) in [5, 5.41) is 12.2. The van der Waals surface area contributed by atoms with Crippen LogP contribution in [0, 0.1) is 5.41 Å². The van der Waals surface area contributed by atoms with Crippen LogP contribution >= 0.6 is 0 Å². The van der Waals surface area contributed by atoms with Gasteiger partial charge in [-0.15, -0.1) is 0 Å². The fourth-order valence-electron chi connectivity index (χ4n) is 2.83. The van der Waals surface area contributed by atoms with Gasteiger partial charge in [-0.25, -0.2) is 0 Å². The Bertz CT molecular complexity index is 521. The summed E-state index contributed by atoms with van der Waals surface area (Å²) >= 11 is 0. The molecule has 0 bridgehead atoms. The van der Waals surface area contributed by atoms with Crippen LogP contribution in [0.1, 0.15) is 32.8 Å². The number of hydrogen-bond donors (Lipinski definition) is 1. The molecule has 0 aliphatic carbocycles. The van der Waals surface area contributed by atoms with E-state index in [-0.39, 0.29) is 11.5 Å². The molecule has 1 N–H and O–H groups in total. The zero-order valence-corrected chi connectivity index (χ0v) is 11.5. The minimum absolute atomic E-state index is 0.123. The molecule has 1 nitrogen and oxygen atoms in total. The highest BCUT2D eigenvalue weighted by Gasteiger charge is 2.21. The molecule has 2 aromatic rings. The van der Waals surface area contributed by atoms with Gasteiger partial charge in [0.1, 0.15) is 0 Å². The van der Waals surface area contributed by atoms with Crippen molar-refractivity contribution in [1.29, 1.82) is 0 Å². The van der Waals surface area contributed by atoms with Crippen molar-refractivity contribution in [2.45, 2.75) is 39.7 Å². The first-order valence-corrected chi connectivity index (χ1v) is 6.63. The lowest BCUT2D eigenvalue weighted by atomic mass is 9.80. The van der Waals surface area contributed by atoms with E-state index >= 15 is 0 Å². The number of rotatable bonds is 4. The zero-order valence-electron chi connectivity index (χ0n) is 11.5. The molecule has 1 unspecified atom stereocenters. The molecule has 0 fully saturated rings. The zero-order chi connectivity index (χ0) is 13.2. The quantitative estimate of drug-likeness (QED) is 0.852. The molecular formula is C17H22O. The number of aliphatic hydroxyl groups is 1. The van der Waals surface area contributed by atoms with Crippen molar-refractivity contribution >= 4 is 10.8 Å². The van der Waals surface area contributed by atoms with E-state index in [1.165, 1.54) is 16.3 Å². The van der Waals surface area contributed by atoms with Gasteiger partial charge >= 0.3 is 0 Å². The van der Waals surface area contributed by atoms with Crippen molar-refractivity contribution in [2.75, 3.05) is 0 Å². The Morgan fingerprint density at radius 3 is 2.44 bits per heavy atom. The summed E-state index contributed by atoms with van der Waals surface area (Å²) in [6.07, 6.45) is 1.59. The second kappa shape index (κ2) is 5.11. The number of fused-ring (bicyclic) bond motifs is 1. The maximum Gasteiger partial charge on any atom is 0.0517 e. The van der Waals surface area contributed by atoms with Gasteiger partial charge in [-0.2, -0.15) is 0 Å². The first-order valence-electron chi connectivity index (χ1n) is 6.63. The topological polar surface area (TPSA) is 20.2 Å². The molecule has 18 heavy (non-hydrogen) atoms. The average molecular weight is 242 g/mol. The SMILES string of the molecule is CC(O)CC(C)(C)Cc1cccc2ccccc12. The lowest BCUT2D eigenvalue weighted by molar-refractivity contribution is 0.129. The van der Waals surface area contributed by atoms with E-state index in [2.05, 4.69) is 56.3 Å². The Morgan fingerprint density at radius 2 is 1.72 bits per heavy atom. The molecule has 0 aliphatic heterocycles. The Labute approximate surface area is 109 Å². The van der Waals surface area contributed by atoms with Crippen LogP contribution in [0.2, 0.25) is 0 Å². The maximum atomic E-state index is 9.58. The average Bonchev–Trinajstić information content (AvgIpc) is 2.27. The number of aliphatic hydroxyl groups excluding tert-OH is 1. The fourth-order valence-corrected chi connectivity index (χ4v) is 2.83. The van der Waals surface area contributed by atoms with Gasteiger partial charge in [0, 0.05) is 0 Å². The van der Waals surface area contributed by atoms with Gasteiger partial charge in [0.25, 0.3) is 0 Å². The van der Waals surface area contributed by atoms with Crippen LogP contribution in [-0.2, 0) is 6.42 Å². The third-order valence-corrected chi connectivity index (χ3v) is 3.40. The first kappa shape index (κ1) is 13.1. The van der Waals surface area contributed by atoms with E-state index in [0.717, 1.165) is 12.8 Å². The van der Waals surface area contributed by atoms with Gasteiger partial charge in [0.05, 0.1) is 6.10 Å². The predicted octanol–water partition coefficient (Wildman–Crippen LogP) is 4.18. The fraction of sp³-hybridized carbons (Fsp3) is 0.412. The van der Waals surface area contributed by atoms with E-state index in [1.54, 1.807) is 0 Å². The molecule has 0 amide bonds. The van der Waals surface area contributed by atoms with Gasteiger partial charge in [-0.1, -0.05) is 56.3 Å². The molecule has 2 aromatic carbocycles. The third kappa shape index (κ3) is 3.11. The van der Waals surface area contributed by atoms with Crippen molar-refractivity contribution in [3.05, 3.63) is 48.0 Å². The Hall–Kier alpha value is -1.34. The summed E-state index contributed by atoms with van der Waals surface area (Å²) in [5.41, 5.74) is 1.50. The van der Waals surface area contributed by atoms with Crippen molar-refractivity contribution in [3.8, 4) is 0 Å². The van der Waals surface area contributed by atoms with Gasteiger partial charge < -0.3 is 5.11 Å². The third-order valence-electron chi connectivity index (χ3n) is 3.40. The van der Waals surface area contributed by atoms with E-state index in [9.17, 15) is 5.11 Å². The van der Waals surface area contributed by atoms with Crippen LogP contribution in [0.4, 0.5) is 0 Å². The molecule has 0 spiro atoms. The Kier molecular flexibility index (Phi) is 3.72. The summed E-state index contributed by atoms with van der Waals surface area (Å²) < 4.78 is 0. The maximum absolute atomic E-state index is 9.58. The summed E-state index contributed by atoms with van der Waals surface area (Å²) in [5.74, 6) is 0. The molecule has 96 valence electrons. The standard InChI is InChI=1S/C17H22O/c1-13(18)11-17(2,3)12-15-9-6-8-14-7-4-5-10-16(14)15/h4-10,13,18H,11-12H2,1-3H3. The lowest BCUT2D eigenvalue weighted by Crippen LogP contribution is -2.21. The first-order chi connectivity index (χ1) is 8.48. The van der Waals surface area contributed by atoms with Crippen molar-refractivity contribution in [2.24, 2.45) is 5.41 Å². The number of hydrogen-bond acceptors (Lipinski definition) is 1. The van der Waals surface area contributed by atoms with Crippen LogP contribution in [-0.4, -0.2) is 11.2 Å². The molecular weight excluding hydrogens is 220 g/mol. The van der Waals surface area contributed by atoms with Crippen molar-refractivity contribution < 1.29 is 5.11 Å². The second-order valence-electron chi connectivity index (χ2n) is 6.03. The highest BCUT2D eigenvalue weighted by molar-refractivity contribution is 5.85. The molecule has 0 aliphatic rings. The largest absolute Gasteiger partial charge is 0.393 e. The van der Waals surface area contributed by atoms with Gasteiger partial charge in [0.15, 0.2) is 0 Å². The minimum Gasteiger partial charge on any atom is -0.393 e. The molecule has 0 heterocycles. The van der Waals surface area contributed by atoms with E-state index < -0.39 is 0 Å². The Balaban J connectivity index is 2.32. The molecule has 0 aromatic heterocycles. The summed E-state index contributed by atoms with van der Waals surface area (Å²) in [4.78, 5) is 0. The smallest absolute Gasteiger partial charge is 0.0517 e. The van der Waals surface area contributed by atoms with Crippen LogP contribution in [0.3, 0.4) is 0 Å². The second-order valence-corrected chi connectivity index (χ2v) is 6.03. The number of benzene rings is 2.